The highest BCUT2D eigenvalue weighted by molar-refractivity contribution is 9.10. The number of rotatable bonds is 4. The van der Waals surface area contributed by atoms with Crippen LogP contribution in [0.2, 0.25) is 0 Å². The maximum atomic E-state index is 5.64. The molecule has 0 radical (unpaired) electrons. The van der Waals surface area contributed by atoms with Gasteiger partial charge >= 0.3 is 0 Å². The first-order valence-corrected chi connectivity index (χ1v) is 7.93. The molecule has 2 N–H and O–H groups in total. The van der Waals surface area contributed by atoms with E-state index in [2.05, 4.69) is 31.1 Å². The number of pyridine rings is 1. The van der Waals surface area contributed by atoms with Crippen molar-refractivity contribution in [1.82, 2.24) is 15.1 Å². The summed E-state index contributed by atoms with van der Waals surface area (Å²) in [5, 5.41) is 3.96. The summed E-state index contributed by atoms with van der Waals surface area (Å²) < 4.78 is 6.27. The largest absolute Gasteiger partial charge is 0.384 e. The minimum Gasteiger partial charge on any atom is -0.384 e. The van der Waals surface area contributed by atoms with E-state index in [1.54, 1.807) is 30.0 Å². The molecule has 0 spiro atoms. The molecular formula is C14H11BrN4OS. The van der Waals surface area contributed by atoms with E-state index in [4.69, 9.17) is 10.3 Å². The highest BCUT2D eigenvalue weighted by Crippen LogP contribution is 2.29. The molecule has 0 aliphatic heterocycles. The summed E-state index contributed by atoms with van der Waals surface area (Å²) in [5.74, 6) is 2.05. The summed E-state index contributed by atoms with van der Waals surface area (Å²) in [6.07, 6.45) is 0. The van der Waals surface area contributed by atoms with Crippen molar-refractivity contribution in [2.75, 3.05) is 5.73 Å². The van der Waals surface area contributed by atoms with Crippen LogP contribution >= 0.6 is 27.7 Å². The van der Waals surface area contributed by atoms with Crippen LogP contribution < -0.4 is 5.73 Å². The standard InChI is InChI=1S/C14H11BrN4OS/c15-9-4-1-2-6-11(9)21-8-13-18-14(20-19-13)10-5-3-7-12(16)17-10/h1-7H,8H2,(H2,16,17). The molecule has 1 aromatic carbocycles. The Morgan fingerprint density at radius 1 is 1.10 bits per heavy atom. The Balaban J connectivity index is 1.72. The lowest BCUT2D eigenvalue weighted by molar-refractivity contribution is 0.424. The number of anilines is 1. The van der Waals surface area contributed by atoms with E-state index in [0.717, 1.165) is 9.37 Å². The second kappa shape index (κ2) is 6.28. The molecule has 5 nitrogen and oxygen atoms in total. The lowest BCUT2D eigenvalue weighted by Crippen LogP contribution is -1.91. The van der Waals surface area contributed by atoms with Gasteiger partial charge in [0.1, 0.15) is 11.5 Å². The molecule has 3 rings (SSSR count). The molecule has 0 aliphatic carbocycles. The van der Waals surface area contributed by atoms with E-state index in [0.29, 0.717) is 29.0 Å². The van der Waals surface area contributed by atoms with Crippen molar-refractivity contribution >= 4 is 33.5 Å². The van der Waals surface area contributed by atoms with Gasteiger partial charge in [-0.25, -0.2) is 4.98 Å². The fraction of sp³-hybridized carbons (Fsp3) is 0.0714. The fourth-order valence-corrected chi connectivity index (χ4v) is 3.10. The number of nitrogens with zero attached hydrogens (tertiary/aromatic N) is 3. The second-order valence-electron chi connectivity index (χ2n) is 4.18. The van der Waals surface area contributed by atoms with Crippen LogP contribution in [0, 0.1) is 0 Å². The van der Waals surface area contributed by atoms with E-state index < -0.39 is 0 Å². The number of nitrogens with two attached hydrogens (primary N) is 1. The van der Waals surface area contributed by atoms with Gasteiger partial charge in [-0.05, 0) is 40.2 Å². The van der Waals surface area contributed by atoms with Crippen molar-refractivity contribution < 1.29 is 4.52 Å². The number of hydrogen-bond acceptors (Lipinski definition) is 6. The van der Waals surface area contributed by atoms with E-state index in [1.165, 1.54) is 0 Å². The Labute approximate surface area is 134 Å². The maximum absolute atomic E-state index is 5.64. The molecule has 21 heavy (non-hydrogen) atoms. The molecule has 0 amide bonds. The molecule has 0 saturated heterocycles. The Morgan fingerprint density at radius 2 is 1.95 bits per heavy atom. The zero-order valence-corrected chi connectivity index (χ0v) is 13.3. The third-order valence-electron chi connectivity index (χ3n) is 2.65. The van der Waals surface area contributed by atoms with Crippen LogP contribution in [0.1, 0.15) is 5.82 Å². The molecule has 2 aromatic heterocycles. The Bertz CT molecular complexity index is 762. The summed E-state index contributed by atoms with van der Waals surface area (Å²) in [6.45, 7) is 0. The quantitative estimate of drug-likeness (QED) is 0.711. The monoisotopic (exact) mass is 362 g/mol. The number of thioether (sulfide) groups is 1. The summed E-state index contributed by atoms with van der Waals surface area (Å²) in [6, 6.07) is 13.3. The molecule has 0 unspecified atom stereocenters. The fourth-order valence-electron chi connectivity index (χ4n) is 1.69. The molecule has 0 fully saturated rings. The predicted octanol–water partition coefficient (Wildman–Crippen LogP) is 3.77. The minimum absolute atomic E-state index is 0.380. The van der Waals surface area contributed by atoms with E-state index >= 15 is 0 Å². The molecule has 0 saturated carbocycles. The lowest BCUT2D eigenvalue weighted by Gasteiger charge is -2.00. The van der Waals surface area contributed by atoms with Gasteiger partial charge in [0, 0.05) is 9.37 Å². The zero-order valence-electron chi connectivity index (χ0n) is 10.9. The first kappa shape index (κ1) is 14.1. The predicted molar refractivity (Wildman–Crippen MR) is 85.6 cm³/mol. The highest BCUT2D eigenvalue weighted by atomic mass is 79.9. The van der Waals surface area contributed by atoms with E-state index in [1.807, 2.05) is 24.3 Å². The Morgan fingerprint density at radius 3 is 2.76 bits per heavy atom. The normalized spacial score (nSPS) is 10.7. The average molecular weight is 363 g/mol. The van der Waals surface area contributed by atoms with Crippen LogP contribution in [-0.4, -0.2) is 15.1 Å². The summed E-state index contributed by atoms with van der Waals surface area (Å²) >= 11 is 5.15. The van der Waals surface area contributed by atoms with Crippen molar-refractivity contribution in [2.45, 2.75) is 10.6 Å². The average Bonchev–Trinajstić information content (AvgIpc) is 2.95. The maximum Gasteiger partial charge on any atom is 0.276 e. The lowest BCUT2D eigenvalue weighted by atomic mass is 10.3. The van der Waals surface area contributed by atoms with Crippen molar-refractivity contribution in [3.05, 3.63) is 52.8 Å². The topological polar surface area (TPSA) is 77.8 Å². The van der Waals surface area contributed by atoms with Crippen LogP contribution in [0.5, 0.6) is 0 Å². The van der Waals surface area contributed by atoms with E-state index in [-0.39, 0.29) is 0 Å². The molecule has 2 heterocycles. The molecule has 0 bridgehead atoms. The summed E-state index contributed by atoms with van der Waals surface area (Å²) in [7, 11) is 0. The molecule has 3 aromatic rings. The third kappa shape index (κ3) is 3.43. The number of hydrogen-bond donors (Lipinski definition) is 1. The molecular weight excluding hydrogens is 352 g/mol. The number of nitrogen functional groups attached to an aromatic ring is 1. The second-order valence-corrected chi connectivity index (χ2v) is 6.05. The van der Waals surface area contributed by atoms with Crippen molar-refractivity contribution in [1.29, 1.82) is 0 Å². The van der Waals surface area contributed by atoms with Gasteiger partial charge in [0.15, 0.2) is 5.82 Å². The van der Waals surface area contributed by atoms with Gasteiger partial charge in [-0.2, -0.15) is 4.98 Å². The van der Waals surface area contributed by atoms with Crippen LogP contribution in [-0.2, 0) is 5.75 Å². The van der Waals surface area contributed by atoms with Gasteiger partial charge in [-0.15, -0.1) is 11.8 Å². The van der Waals surface area contributed by atoms with Gasteiger partial charge in [0.25, 0.3) is 5.89 Å². The van der Waals surface area contributed by atoms with Gasteiger partial charge in [-0.3, -0.25) is 0 Å². The summed E-state index contributed by atoms with van der Waals surface area (Å²) in [4.78, 5) is 9.62. The van der Waals surface area contributed by atoms with Gasteiger partial charge in [-0.1, -0.05) is 23.4 Å². The zero-order chi connectivity index (χ0) is 14.7. The highest BCUT2D eigenvalue weighted by Gasteiger charge is 2.11. The minimum atomic E-state index is 0.380. The first-order chi connectivity index (χ1) is 10.2. The number of benzene rings is 1. The Kier molecular flexibility index (Phi) is 4.21. The Hall–Kier alpha value is -1.86. The van der Waals surface area contributed by atoms with Gasteiger partial charge in [0.05, 0.1) is 5.75 Å². The van der Waals surface area contributed by atoms with Crippen LogP contribution in [0.25, 0.3) is 11.6 Å². The van der Waals surface area contributed by atoms with Gasteiger partial charge < -0.3 is 10.3 Å². The van der Waals surface area contributed by atoms with Crippen LogP contribution in [0.15, 0.2) is 56.4 Å². The number of aromatic nitrogens is 3. The smallest absolute Gasteiger partial charge is 0.276 e. The summed E-state index contributed by atoms with van der Waals surface area (Å²) in [5.41, 5.74) is 6.23. The molecule has 106 valence electrons. The molecule has 0 aliphatic rings. The van der Waals surface area contributed by atoms with Gasteiger partial charge in [0.2, 0.25) is 0 Å². The SMILES string of the molecule is Nc1cccc(-c2nc(CSc3ccccc3Br)no2)n1. The molecule has 7 heteroatoms. The molecule has 0 atom stereocenters. The van der Waals surface area contributed by atoms with Crippen molar-refractivity contribution in [3.8, 4) is 11.6 Å². The van der Waals surface area contributed by atoms with Crippen molar-refractivity contribution in [2.24, 2.45) is 0 Å². The first-order valence-electron chi connectivity index (χ1n) is 6.15. The van der Waals surface area contributed by atoms with Crippen LogP contribution in [0.4, 0.5) is 5.82 Å². The van der Waals surface area contributed by atoms with Crippen LogP contribution in [0.3, 0.4) is 0 Å². The number of halogens is 1. The van der Waals surface area contributed by atoms with Crippen molar-refractivity contribution in [3.63, 3.8) is 0 Å². The van der Waals surface area contributed by atoms with E-state index in [9.17, 15) is 0 Å². The third-order valence-corrected chi connectivity index (χ3v) is 4.67.